The molecule has 6 heteroatoms. The predicted octanol–water partition coefficient (Wildman–Crippen LogP) is 4.50. The van der Waals surface area contributed by atoms with E-state index in [1.165, 1.54) is 10.4 Å². The maximum absolute atomic E-state index is 12.5. The summed E-state index contributed by atoms with van der Waals surface area (Å²) in [6, 6.07) is 19.9. The minimum Gasteiger partial charge on any atom is -0.325 e. The van der Waals surface area contributed by atoms with E-state index in [0.29, 0.717) is 6.42 Å². The van der Waals surface area contributed by atoms with Gasteiger partial charge in [-0.3, -0.25) is 14.9 Å². The second-order valence-electron chi connectivity index (χ2n) is 7.48. The number of nitrogens with zero attached hydrogens (tertiary/aromatic N) is 1. The Morgan fingerprint density at radius 2 is 1.87 bits per heavy atom. The Kier molecular flexibility index (Phi) is 6.26. The molecule has 0 saturated carbocycles. The minimum atomic E-state index is -0.103. The molecule has 3 aromatic rings. The fourth-order valence-electron chi connectivity index (χ4n) is 3.64. The minimum absolute atomic E-state index is 0.0279. The number of carbonyl (C=O) groups is 2. The second-order valence-corrected chi connectivity index (χ2v) is 8.46. The van der Waals surface area contributed by atoms with Gasteiger partial charge in [0, 0.05) is 29.2 Å². The highest BCUT2D eigenvalue weighted by atomic mass is 32.1. The highest BCUT2D eigenvalue weighted by Gasteiger charge is 2.21. The van der Waals surface area contributed by atoms with Gasteiger partial charge in [0.25, 0.3) is 0 Å². The topological polar surface area (TPSA) is 61.4 Å². The highest BCUT2D eigenvalue weighted by Crippen LogP contribution is 2.26. The van der Waals surface area contributed by atoms with Crippen molar-refractivity contribution in [3.8, 4) is 0 Å². The lowest BCUT2D eigenvalue weighted by molar-refractivity contribution is -0.117. The monoisotopic (exact) mass is 419 g/mol. The molecule has 1 aromatic heterocycles. The van der Waals surface area contributed by atoms with Crippen LogP contribution in [0.15, 0.2) is 66.0 Å². The molecule has 1 aliphatic rings. The van der Waals surface area contributed by atoms with Crippen LogP contribution in [0, 0.1) is 6.92 Å². The number of hydrogen-bond acceptors (Lipinski definition) is 4. The van der Waals surface area contributed by atoms with Gasteiger partial charge in [-0.25, -0.2) is 0 Å². The summed E-state index contributed by atoms with van der Waals surface area (Å²) in [6.07, 6.45) is 1.51. The van der Waals surface area contributed by atoms with Crippen LogP contribution in [-0.4, -0.2) is 24.9 Å². The number of rotatable bonds is 7. The molecule has 0 spiro atoms. The van der Waals surface area contributed by atoms with Crippen molar-refractivity contribution in [2.24, 2.45) is 0 Å². The molecule has 0 unspecified atom stereocenters. The molecule has 154 valence electrons. The molecule has 1 saturated heterocycles. The van der Waals surface area contributed by atoms with Gasteiger partial charge < -0.3 is 10.2 Å². The lowest BCUT2D eigenvalue weighted by Gasteiger charge is -2.19. The fraction of sp³-hybridized carbons (Fsp3) is 0.250. The van der Waals surface area contributed by atoms with Crippen molar-refractivity contribution in [2.45, 2.75) is 25.8 Å². The molecular weight excluding hydrogens is 394 g/mol. The lowest BCUT2D eigenvalue weighted by Crippen LogP contribution is -2.31. The number of benzene rings is 2. The van der Waals surface area contributed by atoms with Crippen LogP contribution in [0.1, 0.15) is 34.9 Å². The van der Waals surface area contributed by atoms with Crippen LogP contribution in [-0.2, 0) is 9.59 Å². The van der Waals surface area contributed by atoms with Gasteiger partial charge in [-0.2, -0.15) is 0 Å². The van der Waals surface area contributed by atoms with E-state index >= 15 is 0 Å². The Morgan fingerprint density at radius 3 is 2.50 bits per heavy atom. The average molecular weight is 420 g/mol. The normalized spacial score (nSPS) is 14.7. The summed E-state index contributed by atoms with van der Waals surface area (Å²) in [5.74, 6) is 0.0559. The Bertz CT molecular complexity index is 998. The molecule has 0 aliphatic carbocycles. The van der Waals surface area contributed by atoms with E-state index in [9.17, 15) is 9.59 Å². The number of thiophene rings is 1. The fourth-order valence-corrected chi connectivity index (χ4v) is 4.47. The molecule has 0 bridgehead atoms. The number of anilines is 2. The van der Waals surface area contributed by atoms with E-state index in [1.54, 1.807) is 16.2 Å². The summed E-state index contributed by atoms with van der Waals surface area (Å²) in [5.41, 5.74) is 3.95. The molecule has 2 aromatic carbocycles. The van der Waals surface area contributed by atoms with Crippen LogP contribution < -0.4 is 15.5 Å². The van der Waals surface area contributed by atoms with Crippen LogP contribution >= 0.6 is 11.3 Å². The standard InChI is InChI=1S/C24H25N3O2S/c1-17-6-8-18(9-7-17)24(21-4-3-15-30-21)25-16-22(28)26-19-10-12-20(13-11-19)27-14-2-5-23(27)29/h3-4,6-13,15,24-25H,2,5,14,16H2,1H3,(H,26,28)/t24-/m1/s1. The van der Waals surface area contributed by atoms with Gasteiger partial charge in [0.05, 0.1) is 12.6 Å². The Morgan fingerprint density at radius 1 is 1.10 bits per heavy atom. The largest absolute Gasteiger partial charge is 0.325 e. The molecule has 1 fully saturated rings. The van der Waals surface area contributed by atoms with Crippen molar-refractivity contribution < 1.29 is 9.59 Å². The van der Waals surface area contributed by atoms with Gasteiger partial charge in [0.1, 0.15) is 0 Å². The van der Waals surface area contributed by atoms with Crippen molar-refractivity contribution >= 4 is 34.5 Å². The van der Waals surface area contributed by atoms with Crippen molar-refractivity contribution in [1.82, 2.24) is 5.32 Å². The van der Waals surface area contributed by atoms with Gasteiger partial charge >= 0.3 is 0 Å². The Hall–Kier alpha value is -2.96. The van der Waals surface area contributed by atoms with E-state index in [1.807, 2.05) is 35.7 Å². The molecule has 0 radical (unpaired) electrons. The van der Waals surface area contributed by atoms with Crippen LogP contribution in [0.5, 0.6) is 0 Å². The van der Waals surface area contributed by atoms with Crippen LogP contribution in [0.4, 0.5) is 11.4 Å². The molecule has 4 rings (SSSR count). The SMILES string of the molecule is Cc1ccc([C@@H](NCC(=O)Nc2ccc(N3CCCC3=O)cc2)c2cccs2)cc1. The third kappa shape index (κ3) is 4.78. The van der Waals surface area contributed by atoms with Crippen LogP contribution in [0.25, 0.3) is 0 Å². The molecule has 5 nitrogen and oxygen atoms in total. The van der Waals surface area contributed by atoms with Gasteiger partial charge in [-0.15, -0.1) is 11.3 Å². The zero-order chi connectivity index (χ0) is 20.9. The number of hydrogen-bond donors (Lipinski definition) is 2. The number of amides is 2. The van der Waals surface area contributed by atoms with E-state index in [4.69, 9.17) is 0 Å². The molecule has 30 heavy (non-hydrogen) atoms. The van der Waals surface area contributed by atoms with Gasteiger partial charge in [-0.1, -0.05) is 35.9 Å². The first-order chi connectivity index (χ1) is 14.6. The zero-order valence-electron chi connectivity index (χ0n) is 16.9. The Labute approximate surface area is 180 Å². The number of carbonyl (C=O) groups excluding carboxylic acids is 2. The first kappa shape index (κ1) is 20.3. The van der Waals surface area contributed by atoms with Gasteiger partial charge in [0.15, 0.2) is 0 Å². The van der Waals surface area contributed by atoms with E-state index in [0.717, 1.165) is 29.9 Å². The maximum atomic E-state index is 12.5. The molecule has 2 heterocycles. The van der Waals surface area contributed by atoms with Crippen LogP contribution in [0.2, 0.25) is 0 Å². The summed E-state index contributed by atoms with van der Waals surface area (Å²) in [4.78, 5) is 27.4. The first-order valence-electron chi connectivity index (χ1n) is 10.1. The Balaban J connectivity index is 1.38. The summed E-state index contributed by atoms with van der Waals surface area (Å²) >= 11 is 1.67. The average Bonchev–Trinajstić information content (AvgIpc) is 3.42. The quantitative estimate of drug-likeness (QED) is 0.593. The highest BCUT2D eigenvalue weighted by molar-refractivity contribution is 7.10. The van der Waals surface area contributed by atoms with Crippen molar-refractivity contribution in [1.29, 1.82) is 0 Å². The van der Waals surface area contributed by atoms with E-state index < -0.39 is 0 Å². The van der Waals surface area contributed by atoms with Gasteiger partial charge in [0.2, 0.25) is 11.8 Å². The summed E-state index contributed by atoms with van der Waals surface area (Å²) in [6.45, 7) is 3.02. The predicted molar refractivity (Wildman–Crippen MR) is 122 cm³/mol. The molecule has 1 atom stereocenters. The summed E-state index contributed by atoms with van der Waals surface area (Å²) in [7, 11) is 0. The lowest BCUT2D eigenvalue weighted by atomic mass is 10.0. The summed E-state index contributed by atoms with van der Waals surface area (Å²) < 4.78 is 0. The molecule has 2 amide bonds. The van der Waals surface area contributed by atoms with Crippen molar-refractivity contribution in [2.75, 3.05) is 23.3 Å². The molecular formula is C24H25N3O2S. The summed E-state index contributed by atoms with van der Waals surface area (Å²) in [5, 5.41) is 8.36. The second kappa shape index (κ2) is 9.24. The first-order valence-corrected chi connectivity index (χ1v) is 11.0. The van der Waals surface area contributed by atoms with Crippen molar-refractivity contribution in [3.05, 3.63) is 82.0 Å². The van der Waals surface area contributed by atoms with Crippen molar-refractivity contribution in [3.63, 3.8) is 0 Å². The number of aryl methyl sites for hydroxylation is 1. The van der Waals surface area contributed by atoms with E-state index in [-0.39, 0.29) is 24.4 Å². The smallest absolute Gasteiger partial charge is 0.238 e. The van der Waals surface area contributed by atoms with Crippen LogP contribution in [0.3, 0.4) is 0 Å². The third-order valence-electron chi connectivity index (χ3n) is 5.24. The molecule has 2 N–H and O–H groups in total. The van der Waals surface area contributed by atoms with E-state index in [2.05, 4.69) is 47.9 Å². The zero-order valence-corrected chi connectivity index (χ0v) is 17.7. The number of nitrogens with one attached hydrogen (secondary N) is 2. The van der Waals surface area contributed by atoms with Gasteiger partial charge in [-0.05, 0) is 54.6 Å². The third-order valence-corrected chi connectivity index (χ3v) is 6.18. The molecule has 1 aliphatic heterocycles. The maximum Gasteiger partial charge on any atom is 0.238 e.